The van der Waals surface area contributed by atoms with E-state index in [2.05, 4.69) is 34.9 Å². The predicted octanol–water partition coefficient (Wildman–Crippen LogP) is 2.59. The Morgan fingerprint density at radius 2 is 1.57 bits per heavy atom. The van der Waals surface area contributed by atoms with Crippen LogP contribution in [0.25, 0.3) is 0 Å². The number of carbonyl (C=O) groups excluding carboxylic acids is 1. The SMILES string of the molecule is CC(C)N1C2CCC1CN(S(=O)(=O)NC(=O)Nc1c3c(cc4c1CCC4)CCC3)C2. The van der Waals surface area contributed by atoms with E-state index in [0.29, 0.717) is 19.1 Å². The number of urea groups is 1. The molecular formula is C22H32N4O3S. The molecule has 2 amide bonds. The normalized spacial score (nSPS) is 26.1. The third kappa shape index (κ3) is 3.42. The standard InChI is InChI=1S/C22H32N4O3S/c1-14(2)26-17-9-10-18(26)13-25(12-17)30(28,29)24-22(27)23-21-19-7-3-5-15(19)11-16-6-4-8-20(16)21/h11,14,17-18H,3-10,12-13H2,1-2H3,(H2,23,24,27). The van der Waals surface area contributed by atoms with Gasteiger partial charge in [0.05, 0.1) is 0 Å². The van der Waals surface area contributed by atoms with E-state index in [9.17, 15) is 13.2 Å². The smallest absolute Gasteiger partial charge is 0.307 e. The first-order valence-corrected chi connectivity index (χ1v) is 12.8. The minimum atomic E-state index is -3.86. The first-order valence-electron chi connectivity index (χ1n) is 11.4. The summed E-state index contributed by atoms with van der Waals surface area (Å²) in [5, 5.41) is 2.94. The molecule has 2 heterocycles. The van der Waals surface area contributed by atoms with Gasteiger partial charge in [0.2, 0.25) is 0 Å². The summed E-state index contributed by atoms with van der Waals surface area (Å²) in [5.74, 6) is 0. The van der Waals surface area contributed by atoms with Gasteiger partial charge in [-0.2, -0.15) is 12.7 Å². The lowest BCUT2D eigenvalue weighted by atomic mass is 9.99. The number of carbonyl (C=O) groups is 1. The molecule has 0 saturated carbocycles. The summed E-state index contributed by atoms with van der Waals surface area (Å²) in [6.45, 7) is 5.23. The molecule has 8 heteroatoms. The van der Waals surface area contributed by atoms with Gasteiger partial charge in [-0.05, 0) is 87.5 Å². The van der Waals surface area contributed by atoms with E-state index in [1.54, 1.807) is 0 Å². The van der Waals surface area contributed by atoms with Crippen LogP contribution in [0.3, 0.4) is 0 Å². The van der Waals surface area contributed by atoms with Gasteiger partial charge in [-0.3, -0.25) is 4.90 Å². The third-order valence-electron chi connectivity index (χ3n) is 7.37. The van der Waals surface area contributed by atoms with Crippen LogP contribution in [0.5, 0.6) is 0 Å². The van der Waals surface area contributed by atoms with Crippen molar-refractivity contribution in [3.63, 3.8) is 0 Å². The summed E-state index contributed by atoms with van der Waals surface area (Å²) in [6, 6.07) is 2.55. The molecule has 0 radical (unpaired) electrons. The topological polar surface area (TPSA) is 81.8 Å². The zero-order valence-corrected chi connectivity index (χ0v) is 18.7. The Morgan fingerprint density at radius 3 is 2.10 bits per heavy atom. The summed E-state index contributed by atoms with van der Waals surface area (Å²) >= 11 is 0. The largest absolute Gasteiger partial charge is 0.333 e. The Morgan fingerprint density at radius 1 is 1.00 bits per heavy atom. The van der Waals surface area contributed by atoms with Gasteiger partial charge in [-0.15, -0.1) is 0 Å². The molecule has 5 rings (SSSR count). The summed E-state index contributed by atoms with van der Waals surface area (Å²) in [7, 11) is -3.86. The number of rotatable bonds is 4. The first kappa shape index (κ1) is 20.3. The molecule has 2 atom stereocenters. The van der Waals surface area contributed by atoms with Gasteiger partial charge >= 0.3 is 16.2 Å². The fourth-order valence-corrected chi connectivity index (χ4v) is 7.38. The van der Waals surface area contributed by atoms with Crippen LogP contribution < -0.4 is 10.0 Å². The van der Waals surface area contributed by atoms with E-state index in [1.807, 2.05) is 0 Å². The van der Waals surface area contributed by atoms with Crippen molar-refractivity contribution in [1.29, 1.82) is 0 Å². The van der Waals surface area contributed by atoms with Crippen molar-refractivity contribution in [2.24, 2.45) is 0 Å². The molecule has 7 nitrogen and oxygen atoms in total. The fourth-order valence-electron chi connectivity index (χ4n) is 6.22. The third-order valence-corrected chi connectivity index (χ3v) is 8.80. The molecule has 2 N–H and O–H groups in total. The summed E-state index contributed by atoms with van der Waals surface area (Å²) < 4.78 is 29.7. The van der Waals surface area contributed by atoms with Crippen molar-refractivity contribution in [2.75, 3.05) is 18.4 Å². The average Bonchev–Trinajstić information content (AvgIpc) is 3.38. The molecule has 2 bridgehead atoms. The maximum absolute atomic E-state index is 13.0. The van der Waals surface area contributed by atoms with Gasteiger partial charge < -0.3 is 5.32 Å². The highest BCUT2D eigenvalue weighted by Crippen LogP contribution is 2.38. The highest BCUT2D eigenvalue weighted by molar-refractivity contribution is 7.87. The molecule has 2 unspecified atom stereocenters. The maximum atomic E-state index is 13.0. The van der Waals surface area contributed by atoms with Gasteiger partial charge in [0, 0.05) is 36.9 Å². The maximum Gasteiger partial charge on any atom is 0.333 e. The Bertz CT molecular complexity index is 929. The van der Waals surface area contributed by atoms with Crippen LogP contribution in [0.2, 0.25) is 0 Å². The predicted molar refractivity (Wildman–Crippen MR) is 117 cm³/mol. The highest BCUT2D eigenvalue weighted by Gasteiger charge is 2.44. The summed E-state index contributed by atoms with van der Waals surface area (Å²) in [5.41, 5.74) is 5.90. The van der Waals surface area contributed by atoms with Gasteiger partial charge in [0.25, 0.3) is 0 Å². The van der Waals surface area contributed by atoms with E-state index >= 15 is 0 Å². The lowest BCUT2D eigenvalue weighted by Gasteiger charge is -2.42. The van der Waals surface area contributed by atoms with Crippen LogP contribution in [-0.2, 0) is 35.9 Å². The van der Waals surface area contributed by atoms with E-state index in [-0.39, 0.29) is 12.1 Å². The monoisotopic (exact) mass is 432 g/mol. The van der Waals surface area contributed by atoms with Crippen LogP contribution in [-0.4, -0.2) is 54.9 Å². The van der Waals surface area contributed by atoms with Gasteiger partial charge in [0.1, 0.15) is 0 Å². The number of hydrogen-bond acceptors (Lipinski definition) is 4. The molecule has 0 spiro atoms. The van der Waals surface area contributed by atoms with E-state index < -0.39 is 16.2 Å². The molecule has 4 aliphatic rings. The second-order valence-corrected chi connectivity index (χ2v) is 11.2. The lowest BCUT2D eigenvalue weighted by molar-refractivity contribution is 0.0794. The van der Waals surface area contributed by atoms with Crippen molar-refractivity contribution in [1.82, 2.24) is 13.9 Å². The number of benzene rings is 1. The highest BCUT2D eigenvalue weighted by atomic mass is 32.2. The molecule has 1 aromatic rings. The van der Waals surface area contributed by atoms with E-state index in [4.69, 9.17) is 0 Å². The number of nitrogens with zero attached hydrogens (tertiary/aromatic N) is 2. The molecule has 1 aromatic carbocycles. The van der Waals surface area contributed by atoms with Crippen LogP contribution in [0.4, 0.5) is 10.5 Å². The minimum absolute atomic E-state index is 0.240. The van der Waals surface area contributed by atoms with Crippen LogP contribution in [0.15, 0.2) is 6.07 Å². The first-order chi connectivity index (χ1) is 14.3. The number of nitrogens with one attached hydrogen (secondary N) is 2. The number of anilines is 1. The van der Waals surface area contributed by atoms with Gasteiger partial charge in [-0.1, -0.05) is 6.07 Å². The van der Waals surface area contributed by atoms with E-state index in [1.165, 1.54) is 26.6 Å². The van der Waals surface area contributed by atoms with Gasteiger partial charge in [-0.25, -0.2) is 9.52 Å². The van der Waals surface area contributed by atoms with Crippen LogP contribution in [0.1, 0.15) is 61.8 Å². The summed E-state index contributed by atoms with van der Waals surface area (Å²) in [6.07, 6.45) is 8.20. The second kappa shape index (κ2) is 7.50. The Hall–Kier alpha value is -1.64. The fraction of sp³-hybridized carbons (Fsp3) is 0.682. The zero-order valence-electron chi connectivity index (χ0n) is 17.9. The zero-order chi connectivity index (χ0) is 21.0. The van der Waals surface area contributed by atoms with Crippen LogP contribution >= 0.6 is 0 Å². The van der Waals surface area contributed by atoms with E-state index in [0.717, 1.165) is 57.1 Å². The lowest BCUT2D eigenvalue weighted by Crippen LogP contribution is -2.59. The average molecular weight is 433 g/mol. The number of piperazine rings is 1. The Labute approximate surface area is 179 Å². The van der Waals surface area contributed by atoms with Crippen molar-refractivity contribution in [2.45, 2.75) is 83.3 Å². The van der Waals surface area contributed by atoms with Gasteiger partial charge in [0.15, 0.2) is 0 Å². The molecular weight excluding hydrogens is 400 g/mol. The molecule has 0 aromatic heterocycles. The number of fused-ring (bicyclic) bond motifs is 4. The van der Waals surface area contributed by atoms with Crippen LogP contribution in [0, 0.1) is 0 Å². The number of amides is 2. The Kier molecular flexibility index (Phi) is 5.07. The minimum Gasteiger partial charge on any atom is -0.307 e. The Balaban J connectivity index is 1.31. The molecule has 2 aliphatic heterocycles. The summed E-state index contributed by atoms with van der Waals surface area (Å²) in [4.78, 5) is 15.2. The molecule has 30 heavy (non-hydrogen) atoms. The second-order valence-electron chi connectivity index (χ2n) is 9.54. The van der Waals surface area contributed by atoms with Crippen molar-refractivity contribution in [3.8, 4) is 0 Å². The van der Waals surface area contributed by atoms with Crippen molar-refractivity contribution in [3.05, 3.63) is 28.3 Å². The number of hydrogen-bond donors (Lipinski definition) is 2. The quantitative estimate of drug-likeness (QED) is 0.766. The molecule has 2 aliphatic carbocycles. The number of aryl methyl sites for hydroxylation is 2. The molecule has 164 valence electrons. The molecule has 2 saturated heterocycles. The van der Waals surface area contributed by atoms with Crippen molar-refractivity contribution < 1.29 is 13.2 Å². The molecule has 2 fully saturated rings. The van der Waals surface area contributed by atoms with Crippen molar-refractivity contribution >= 4 is 21.9 Å².